The van der Waals surface area contributed by atoms with Gasteiger partial charge in [-0.1, -0.05) is 0 Å². The van der Waals surface area contributed by atoms with E-state index in [-0.39, 0.29) is 0 Å². The smallest absolute Gasteiger partial charge is 0.259 e. The lowest BCUT2D eigenvalue weighted by Gasteiger charge is -2.24. The molecule has 10 heteroatoms. The highest BCUT2D eigenvalue weighted by Crippen LogP contribution is 2.46. The summed E-state index contributed by atoms with van der Waals surface area (Å²) >= 11 is 0. The fraction of sp³-hybridized carbons (Fsp3) is 0.600. The van der Waals surface area contributed by atoms with Gasteiger partial charge in [0.25, 0.3) is 0 Å². The van der Waals surface area contributed by atoms with E-state index < -0.39 is 35.2 Å². The van der Waals surface area contributed by atoms with E-state index in [0.717, 1.165) is 0 Å². The van der Waals surface area contributed by atoms with Crippen LogP contribution in [0.3, 0.4) is 0 Å². The summed E-state index contributed by atoms with van der Waals surface area (Å²) in [6.07, 6.45) is -8.28. The molecule has 0 bridgehead atoms. The van der Waals surface area contributed by atoms with Gasteiger partial charge in [0, 0.05) is 0 Å². The molecule has 15 heavy (non-hydrogen) atoms. The lowest BCUT2D eigenvalue weighted by atomic mass is 10.1. The highest BCUT2D eigenvalue weighted by Gasteiger charge is 2.72. The van der Waals surface area contributed by atoms with Crippen LogP contribution in [-0.2, 0) is 0 Å². The molecule has 0 amide bonds. The molecular weight excluding hydrogens is 239 g/mol. The standard InChI is InChI=1S/C5H2F7NO2/c6-3(7,1-2-13(14)15)4(8,9)5(10,11)12/h1-2H. The first kappa shape index (κ1) is 13.7. The Morgan fingerprint density at radius 2 is 1.40 bits per heavy atom. The fourth-order valence-electron chi connectivity index (χ4n) is 0.448. The summed E-state index contributed by atoms with van der Waals surface area (Å²) in [6, 6.07) is 0. The number of nitro groups is 1. The van der Waals surface area contributed by atoms with E-state index in [2.05, 4.69) is 0 Å². The Kier molecular flexibility index (Phi) is 3.33. The van der Waals surface area contributed by atoms with E-state index in [1.54, 1.807) is 0 Å². The molecule has 0 aromatic rings. The summed E-state index contributed by atoms with van der Waals surface area (Å²) in [6.45, 7) is 0. The number of nitrogens with zero attached hydrogens (tertiary/aromatic N) is 1. The monoisotopic (exact) mass is 241 g/mol. The average molecular weight is 241 g/mol. The summed E-state index contributed by atoms with van der Waals surface area (Å²) < 4.78 is 82.7. The van der Waals surface area contributed by atoms with Crippen molar-refractivity contribution in [2.75, 3.05) is 0 Å². The summed E-state index contributed by atoms with van der Waals surface area (Å²) in [4.78, 5) is 7.90. The molecule has 0 aliphatic heterocycles. The van der Waals surface area contributed by atoms with Gasteiger partial charge in [0.15, 0.2) is 0 Å². The third kappa shape index (κ3) is 2.80. The first-order chi connectivity index (χ1) is 6.42. The van der Waals surface area contributed by atoms with Gasteiger partial charge in [-0.25, -0.2) is 0 Å². The van der Waals surface area contributed by atoms with Gasteiger partial charge in [-0.15, -0.1) is 0 Å². The van der Waals surface area contributed by atoms with Crippen molar-refractivity contribution in [2.24, 2.45) is 0 Å². The quantitative estimate of drug-likeness (QED) is 0.433. The van der Waals surface area contributed by atoms with Crippen molar-refractivity contribution >= 4 is 0 Å². The molecule has 0 radical (unpaired) electrons. The van der Waals surface area contributed by atoms with Gasteiger partial charge in [-0.2, -0.15) is 30.7 Å². The van der Waals surface area contributed by atoms with Crippen LogP contribution in [-0.4, -0.2) is 22.9 Å². The molecular formula is C5H2F7NO2. The van der Waals surface area contributed by atoms with Crippen LogP contribution in [0.4, 0.5) is 30.7 Å². The highest BCUT2D eigenvalue weighted by molar-refractivity contribution is 5.03. The maximum absolute atomic E-state index is 12.2. The minimum absolute atomic E-state index is 0.681. The van der Waals surface area contributed by atoms with E-state index in [9.17, 15) is 40.8 Å². The van der Waals surface area contributed by atoms with Gasteiger partial charge in [0.05, 0.1) is 11.0 Å². The summed E-state index contributed by atoms with van der Waals surface area (Å²) in [5.74, 6) is -12.0. The molecule has 0 N–H and O–H groups in total. The number of rotatable bonds is 3. The highest BCUT2D eigenvalue weighted by atomic mass is 19.4. The fourth-order valence-corrected chi connectivity index (χ4v) is 0.448. The number of hydrogen-bond acceptors (Lipinski definition) is 2. The van der Waals surface area contributed by atoms with Crippen molar-refractivity contribution in [1.29, 1.82) is 0 Å². The molecule has 0 saturated heterocycles. The second kappa shape index (κ2) is 3.66. The van der Waals surface area contributed by atoms with Crippen molar-refractivity contribution in [2.45, 2.75) is 18.0 Å². The van der Waals surface area contributed by atoms with E-state index in [1.165, 1.54) is 0 Å². The topological polar surface area (TPSA) is 43.1 Å². The van der Waals surface area contributed by atoms with Gasteiger partial charge < -0.3 is 0 Å². The molecule has 3 nitrogen and oxygen atoms in total. The maximum Gasteiger partial charge on any atom is 0.460 e. The van der Waals surface area contributed by atoms with E-state index in [1.807, 2.05) is 0 Å². The van der Waals surface area contributed by atoms with Gasteiger partial charge in [0.2, 0.25) is 6.20 Å². The molecule has 0 aromatic heterocycles. The summed E-state index contributed by atoms with van der Waals surface area (Å²) in [7, 11) is 0. The molecule has 0 unspecified atom stereocenters. The third-order valence-corrected chi connectivity index (χ3v) is 1.18. The minimum Gasteiger partial charge on any atom is -0.259 e. The maximum atomic E-state index is 12.2. The van der Waals surface area contributed by atoms with Crippen LogP contribution in [0, 0.1) is 10.1 Å². The van der Waals surface area contributed by atoms with Crippen LogP contribution < -0.4 is 0 Å². The van der Waals surface area contributed by atoms with Crippen LogP contribution >= 0.6 is 0 Å². The molecule has 88 valence electrons. The molecule has 0 fully saturated rings. The first-order valence-electron chi connectivity index (χ1n) is 3.07. The van der Waals surface area contributed by atoms with Gasteiger partial charge in [0.1, 0.15) is 0 Å². The zero-order valence-electron chi connectivity index (χ0n) is 6.56. The zero-order chi connectivity index (χ0) is 12.5. The lowest BCUT2D eigenvalue weighted by molar-refractivity contribution is -0.405. The molecule has 0 spiro atoms. The van der Waals surface area contributed by atoms with Gasteiger partial charge in [-0.05, 0) is 0 Å². The number of halogens is 7. The summed E-state index contributed by atoms with van der Waals surface area (Å²) in [5, 5.41) is 9.48. The molecule has 0 aromatic carbocycles. The molecule has 0 aliphatic rings. The number of hydrogen-bond donors (Lipinski definition) is 0. The van der Waals surface area contributed by atoms with Crippen molar-refractivity contribution in [1.82, 2.24) is 0 Å². The second-order valence-electron chi connectivity index (χ2n) is 2.30. The Hall–Kier alpha value is -1.35. The van der Waals surface area contributed by atoms with Crippen LogP contribution in [0.2, 0.25) is 0 Å². The first-order valence-corrected chi connectivity index (χ1v) is 3.07. The molecule has 0 atom stereocenters. The largest absolute Gasteiger partial charge is 0.460 e. The Morgan fingerprint density at radius 1 is 1.00 bits per heavy atom. The SMILES string of the molecule is O=[N+]([O-])C=CC(F)(F)C(F)(F)C(F)(F)F. The van der Waals surface area contributed by atoms with Gasteiger partial charge >= 0.3 is 18.0 Å². The Bertz CT molecular complexity index is 282. The Balaban J connectivity index is 5.10. The average Bonchev–Trinajstić information content (AvgIpc) is 1.98. The van der Waals surface area contributed by atoms with Crippen LogP contribution in [0.5, 0.6) is 0 Å². The zero-order valence-corrected chi connectivity index (χ0v) is 6.56. The van der Waals surface area contributed by atoms with Crippen molar-refractivity contribution in [3.8, 4) is 0 Å². The number of alkyl halides is 7. The van der Waals surface area contributed by atoms with Crippen LogP contribution in [0.15, 0.2) is 12.3 Å². The van der Waals surface area contributed by atoms with E-state index in [0.29, 0.717) is 0 Å². The molecule has 0 heterocycles. The Labute approximate surface area is 77.3 Å². The predicted molar refractivity (Wildman–Crippen MR) is 32.1 cm³/mol. The lowest BCUT2D eigenvalue weighted by Crippen LogP contribution is -2.50. The van der Waals surface area contributed by atoms with Crippen molar-refractivity contribution in [3.63, 3.8) is 0 Å². The van der Waals surface area contributed by atoms with Gasteiger partial charge in [-0.3, -0.25) is 10.1 Å². The van der Waals surface area contributed by atoms with Crippen molar-refractivity contribution in [3.05, 3.63) is 22.4 Å². The van der Waals surface area contributed by atoms with Crippen LogP contribution in [0.25, 0.3) is 0 Å². The Morgan fingerprint density at radius 3 is 1.67 bits per heavy atom. The number of allylic oxidation sites excluding steroid dienone is 1. The second-order valence-corrected chi connectivity index (χ2v) is 2.30. The molecule has 0 saturated carbocycles. The predicted octanol–water partition coefficient (Wildman–Crippen LogP) is 2.61. The molecule has 0 rings (SSSR count). The van der Waals surface area contributed by atoms with Crippen molar-refractivity contribution < 1.29 is 35.7 Å². The van der Waals surface area contributed by atoms with E-state index in [4.69, 9.17) is 0 Å². The molecule has 0 aliphatic carbocycles. The van der Waals surface area contributed by atoms with Crippen LogP contribution in [0.1, 0.15) is 0 Å². The minimum atomic E-state index is -6.49. The normalized spacial score (nSPS) is 14.6. The third-order valence-electron chi connectivity index (χ3n) is 1.18. The van der Waals surface area contributed by atoms with E-state index >= 15 is 0 Å². The summed E-state index contributed by atoms with van der Waals surface area (Å²) in [5.41, 5.74) is 0.